The van der Waals surface area contributed by atoms with Gasteiger partial charge in [-0.15, -0.1) is 24.6 Å². The number of thioether (sulfide) groups is 1. The van der Waals surface area contributed by atoms with Crippen molar-refractivity contribution in [3.05, 3.63) is 293 Å². The fraction of sp³-hybridized carbons (Fsp3) is 0.179. The Hall–Kier alpha value is -8.15. The molecule has 1 aliphatic rings. The third-order valence-electron chi connectivity index (χ3n) is 13.0. The summed E-state index contributed by atoms with van der Waals surface area (Å²) in [5.41, 5.74) is 17.1. The molecule has 0 bridgehead atoms. The number of terminal acetylenes is 1. The average Bonchev–Trinajstić information content (AvgIpc) is 3.83. The Bertz CT molecular complexity index is 3400. The van der Waals surface area contributed by atoms with E-state index in [1.54, 1.807) is 11.8 Å². The van der Waals surface area contributed by atoms with Gasteiger partial charge in [0.15, 0.2) is 0 Å². The molecule has 79 heavy (non-hydrogen) atoms. The van der Waals surface area contributed by atoms with Gasteiger partial charge < -0.3 is 0 Å². The highest BCUT2D eigenvalue weighted by molar-refractivity contribution is 8.07. The maximum Gasteiger partial charge on any atom is 0.0142 e. The van der Waals surface area contributed by atoms with Crippen LogP contribution in [0.15, 0.2) is 260 Å². The first-order valence-corrected chi connectivity index (χ1v) is 29.5. The number of rotatable bonds is 15. The standard InChI is InChI=1S/C69H60S.C3H8.2C2H6.C2H2/c1-5-6-23-50(2)46-51(3)24-22-35-67(70-4)60-44-45-63-66(49-60)69(59-42-38-53(39-43-59)48-64(55-27-14-9-15-28-55)54-25-12-7-8-13-26-54)62-34-21-20-33-61(62)68(63)58-40-36-52(37-41-58)47-65(56-29-16-10-17-30-56)57-31-18-11-19-32-57;1-3-2;3*1-2/h5-12,14-45,47-49,51H,13,46H2,1-4H3;3H2,1-2H3;2*1-2H3;1-2H/b6-5-,24-22+,50-23+,64-48-,67-35-;;;;. The van der Waals surface area contributed by atoms with Crippen LogP contribution >= 0.6 is 11.8 Å². The number of hydrogen-bond donors (Lipinski definition) is 0. The largest absolute Gasteiger partial charge is 0.129 e. The molecule has 0 saturated heterocycles. The van der Waals surface area contributed by atoms with Crippen molar-refractivity contribution < 1.29 is 0 Å². The maximum atomic E-state index is 4.00. The minimum Gasteiger partial charge on any atom is -0.129 e. The summed E-state index contributed by atoms with van der Waals surface area (Å²) in [4.78, 5) is 1.24. The zero-order valence-corrected chi connectivity index (χ0v) is 49.4. The lowest BCUT2D eigenvalue weighted by Gasteiger charge is -2.19. The molecule has 9 rings (SSSR count). The summed E-state index contributed by atoms with van der Waals surface area (Å²) in [5.74, 6) is 0.432. The predicted molar refractivity (Wildman–Crippen MR) is 359 cm³/mol. The van der Waals surface area contributed by atoms with Gasteiger partial charge in [-0.3, -0.25) is 0 Å². The molecule has 400 valence electrons. The van der Waals surface area contributed by atoms with E-state index in [0.717, 1.165) is 24.0 Å². The first-order chi connectivity index (χ1) is 38.9. The molecule has 1 atom stereocenters. The van der Waals surface area contributed by atoms with Gasteiger partial charge in [0.1, 0.15) is 0 Å². The molecule has 0 amide bonds. The molecular formula is C78H82S. The lowest BCUT2D eigenvalue weighted by Crippen LogP contribution is -1.93. The van der Waals surface area contributed by atoms with Crippen molar-refractivity contribution in [1.82, 2.24) is 0 Å². The number of hydrogen-bond acceptors (Lipinski definition) is 1. The van der Waals surface area contributed by atoms with Crippen molar-refractivity contribution in [3.8, 4) is 35.1 Å². The van der Waals surface area contributed by atoms with E-state index in [-0.39, 0.29) is 0 Å². The summed E-state index contributed by atoms with van der Waals surface area (Å²) in [6, 6.07) is 66.6. The van der Waals surface area contributed by atoms with E-state index >= 15 is 0 Å². The van der Waals surface area contributed by atoms with Crippen molar-refractivity contribution in [3.63, 3.8) is 0 Å². The molecule has 0 heterocycles. The zero-order valence-electron chi connectivity index (χ0n) is 48.6. The van der Waals surface area contributed by atoms with Crippen LogP contribution in [-0.4, -0.2) is 6.26 Å². The summed E-state index contributed by atoms with van der Waals surface area (Å²) in [6.07, 6.45) is 42.4. The summed E-state index contributed by atoms with van der Waals surface area (Å²) in [7, 11) is 0. The second kappa shape index (κ2) is 33.9. The van der Waals surface area contributed by atoms with Crippen LogP contribution in [0.3, 0.4) is 0 Å². The van der Waals surface area contributed by atoms with Crippen molar-refractivity contribution >= 4 is 61.5 Å². The summed E-state index contributed by atoms with van der Waals surface area (Å²) in [6.45, 7) is 18.8. The lowest BCUT2D eigenvalue weighted by molar-refractivity contribution is 0.716. The van der Waals surface area contributed by atoms with Crippen LogP contribution in [0.25, 0.3) is 72.0 Å². The molecule has 0 aromatic heterocycles. The van der Waals surface area contributed by atoms with Crippen LogP contribution in [0.1, 0.15) is 115 Å². The van der Waals surface area contributed by atoms with E-state index in [0.29, 0.717) is 5.92 Å². The first kappa shape index (κ1) is 61.7. The molecule has 0 saturated carbocycles. The lowest BCUT2D eigenvalue weighted by atomic mass is 9.85. The van der Waals surface area contributed by atoms with Gasteiger partial charge in [0, 0.05) is 4.91 Å². The van der Waals surface area contributed by atoms with E-state index in [1.807, 2.05) is 27.7 Å². The topological polar surface area (TPSA) is 0 Å². The monoisotopic (exact) mass is 1050 g/mol. The van der Waals surface area contributed by atoms with E-state index in [4.69, 9.17) is 0 Å². The highest BCUT2D eigenvalue weighted by atomic mass is 32.2. The van der Waals surface area contributed by atoms with Gasteiger partial charge in [-0.25, -0.2) is 0 Å². The molecule has 8 aromatic rings. The van der Waals surface area contributed by atoms with Crippen molar-refractivity contribution in [2.75, 3.05) is 6.26 Å². The molecular weight excluding hydrogens is 969 g/mol. The Balaban J connectivity index is 0.00000121. The average molecular weight is 1050 g/mol. The number of fused-ring (bicyclic) bond motifs is 2. The van der Waals surface area contributed by atoms with Crippen molar-refractivity contribution in [2.24, 2.45) is 5.92 Å². The van der Waals surface area contributed by atoms with E-state index in [1.165, 1.54) is 99.7 Å². The Morgan fingerprint density at radius 1 is 0.544 bits per heavy atom. The highest BCUT2D eigenvalue weighted by Gasteiger charge is 2.19. The smallest absolute Gasteiger partial charge is 0.0142 e. The van der Waals surface area contributed by atoms with Gasteiger partial charge in [0.05, 0.1) is 0 Å². The van der Waals surface area contributed by atoms with Crippen molar-refractivity contribution in [2.45, 2.75) is 81.6 Å². The Morgan fingerprint density at radius 3 is 1.52 bits per heavy atom. The Labute approximate surface area is 480 Å². The molecule has 1 unspecified atom stereocenters. The van der Waals surface area contributed by atoms with Gasteiger partial charge in [0.25, 0.3) is 0 Å². The van der Waals surface area contributed by atoms with E-state index in [2.05, 4.69) is 315 Å². The fourth-order valence-electron chi connectivity index (χ4n) is 9.60. The molecule has 0 radical (unpaired) electrons. The maximum absolute atomic E-state index is 4.00. The van der Waals surface area contributed by atoms with Gasteiger partial charge in [-0.2, -0.15) is 0 Å². The predicted octanol–water partition coefficient (Wildman–Crippen LogP) is 23.4. The third kappa shape index (κ3) is 17.2. The van der Waals surface area contributed by atoms with Crippen LogP contribution in [-0.2, 0) is 0 Å². The molecule has 0 spiro atoms. The summed E-state index contributed by atoms with van der Waals surface area (Å²) < 4.78 is 0. The van der Waals surface area contributed by atoms with Gasteiger partial charge in [-0.05, 0) is 157 Å². The van der Waals surface area contributed by atoms with Crippen LogP contribution in [0.4, 0.5) is 0 Å². The molecule has 0 aliphatic heterocycles. The molecule has 8 aromatic carbocycles. The second-order valence-corrected chi connectivity index (χ2v) is 19.6. The van der Waals surface area contributed by atoms with Gasteiger partial charge >= 0.3 is 0 Å². The third-order valence-corrected chi connectivity index (χ3v) is 13.8. The van der Waals surface area contributed by atoms with Crippen LogP contribution < -0.4 is 0 Å². The van der Waals surface area contributed by atoms with Crippen LogP contribution in [0.5, 0.6) is 0 Å². The van der Waals surface area contributed by atoms with Gasteiger partial charge in [-0.1, -0.05) is 297 Å². The van der Waals surface area contributed by atoms with E-state index in [9.17, 15) is 0 Å². The molecule has 1 heteroatoms. The number of allylic oxidation sites excluding steroid dienone is 14. The first-order valence-electron chi connectivity index (χ1n) is 28.3. The zero-order chi connectivity index (χ0) is 56.8. The minimum atomic E-state index is 0.432. The summed E-state index contributed by atoms with van der Waals surface area (Å²) in [5, 5.41) is 4.95. The molecule has 1 aliphatic carbocycles. The normalized spacial score (nSPS) is 12.7. The Kier molecular flexibility index (Phi) is 26.5. The minimum absolute atomic E-state index is 0.432. The van der Waals surface area contributed by atoms with Crippen molar-refractivity contribution in [1.29, 1.82) is 0 Å². The van der Waals surface area contributed by atoms with Crippen LogP contribution in [0, 0.1) is 18.8 Å². The van der Waals surface area contributed by atoms with Crippen LogP contribution in [0.2, 0.25) is 0 Å². The Morgan fingerprint density at radius 2 is 1.01 bits per heavy atom. The van der Waals surface area contributed by atoms with Gasteiger partial charge in [0.2, 0.25) is 0 Å². The van der Waals surface area contributed by atoms with E-state index < -0.39 is 0 Å². The molecule has 0 fully saturated rings. The molecule has 0 nitrogen and oxygen atoms in total. The quantitative estimate of drug-likeness (QED) is 0.0427. The SMILES string of the molecule is C#C.C/C=C\C=C(/C)CC(C)/C=C/C=C(\SC)c1ccc2c(-c3ccc(C=C(c4ccccc4)c4ccccc4)cc3)c3ccccc3c(-c3ccc(/C=C(/C4=CCC=CC=C4)c4ccccc4)cc3)c2c1.CC.CC.CCC. The molecule has 0 N–H and O–H groups in total. The fourth-order valence-corrected chi connectivity index (χ4v) is 10.2. The second-order valence-electron chi connectivity index (χ2n) is 18.7. The summed E-state index contributed by atoms with van der Waals surface area (Å²) >= 11 is 1.80. The highest BCUT2D eigenvalue weighted by Crippen LogP contribution is 2.45. The number of benzene rings is 8.